The number of carbonyl (C=O) groups excluding carboxylic acids is 2. The monoisotopic (exact) mass is 551 g/mol. The topological polar surface area (TPSA) is 67.9 Å². The van der Waals surface area contributed by atoms with Crippen LogP contribution in [0.1, 0.15) is 11.1 Å². The van der Waals surface area contributed by atoms with Crippen molar-refractivity contribution in [2.75, 3.05) is 28.2 Å². The molecule has 2 aromatic rings. The summed E-state index contributed by atoms with van der Waals surface area (Å²) in [5, 5.41) is 3.10. The molecule has 0 aliphatic rings. The number of nitrogens with one attached hydrogen (secondary N) is 2. The molecule has 0 saturated heterocycles. The molecule has 0 bridgehead atoms. The van der Waals surface area contributed by atoms with E-state index in [4.69, 9.17) is 0 Å². The molecule has 0 radical (unpaired) electrons. The molecule has 0 atom stereocenters. The van der Waals surface area contributed by atoms with Crippen LogP contribution in [-0.2, 0) is 9.59 Å². The fourth-order valence-corrected chi connectivity index (χ4v) is 3.32. The molecular weight excluding hydrogens is 524 g/mol. The van der Waals surface area contributed by atoms with Gasteiger partial charge in [0.05, 0.1) is 0 Å². The third kappa shape index (κ3) is 7.19. The van der Waals surface area contributed by atoms with Crippen molar-refractivity contribution in [3.8, 4) is 0 Å². The van der Waals surface area contributed by atoms with Crippen molar-refractivity contribution in [3.63, 3.8) is 0 Å². The van der Waals surface area contributed by atoms with E-state index < -0.39 is 11.8 Å². The predicted octanol–water partition coefficient (Wildman–Crippen LogP) is 0.0513. The molecule has 2 amide bonds. The number of carbonyl (C=O) groups is 2. The number of benzene rings is 2. The van der Waals surface area contributed by atoms with Gasteiger partial charge in [-0.2, -0.15) is 0 Å². The van der Waals surface area contributed by atoms with Gasteiger partial charge in [-0.05, 0) is 0 Å². The second-order valence-electron chi connectivity index (χ2n) is 6.85. The van der Waals surface area contributed by atoms with Gasteiger partial charge in [0.2, 0.25) is 0 Å². The van der Waals surface area contributed by atoms with Crippen molar-refractivity contribution < 1.29 is 9.59 Å². The molecule has 0 saturated carbocycles. The summed E-state index contributed by atoms with van der Waals surface area (Å²) < 4.78 is 1.44. The van der Waals surface area contributed by atoms with Crippen LogP contribution in [0.4, 0.5) is 0 Å². The molecule has 0 spiro atoms. The molecular formula is C22H25N5O2Se2. The van der Waals surface area contributed by atoms with Crippen molar-refractivity contribution in [3.05, 3.63) is 83.6 Å². The molecule has 0 heterocycles. The van der Waals surface area contributed by atoms with E-state index in [1.165, 1.54) is 6.20 Å². The van der Waals surface area contributed by atoms with Crippen LogP contribution in [-0.4, -0.2) is 95.2 Å². The molecule has 31 heavy (non-hydrogen) atoms. The summed E-state index contributed by atoms with van der Waals surface area (Å²) >= 11 is 5.91. The van der Waals surface area contributed by atoms with Gasteiger partial charge in [-0.3, -0.25) is 0 Å². The van der Waals surface area contributed by atoms with Crippen LogP contribution in [0.3, 0.4) is 0 Å². The van der Waals surface area contributed by atoms with E-state index in [9.17, 15) is 9.59 Å². The van der Waals surface area contributed by atoms with Crippen LogP contribution in [0.25, 0.3) is 0 Å². The molecule has 2 aromatic carbocycles. The van der Waals surface area contributed by atoms with E-state index in [1.807, 2.05) is 60.7 Å². The summed E-state index contributed by atoms with van der Waals surface area (Å²) in [7, 11) is 6.91. The Labute approximate surface area is 198 Å². The summed E-state index contributed by atoms with van der Waals surface area (Å²) in [4.78, 5) is 27.5. The predicted molar refractivity (Wildman–Crippen MR) is 126 cm³/mol. The molecule has 0 fully saturated rings. The van der Waals surface area contributed by atoms with Crippen molar-refractivity contribution >= 4 is 52.0 Å². The molecule has 0 aromatic heterocycles. The SMILES string of the molecule is CN(C)C=C(C(=O)NN(C)C(=[Se])c1ccccc1)C(=O)NN(C)C(=[Se])c1ccccc1. The zero-order chi connectivity index (χ0) is 23.0. The molecule has 2 rings (SSSR count). The standard InChI is InChI=1S/C22H25N5O2Se2/c1-25(2)15-18(19(28)23-26(3)21(30)16-11-7-5-8-12-16)20(29)24-27(4)22(31)17-13-9-6-10-14-17/h5-15H,1-4H3,(H,23,28)(H,24,29). The number of hydrogen-bond donors (Lipinski definition) is 2. The molecule has 7 nitrogen and oxygen atoms in total. The second kappa shape index (κ2) is 11.6. The third-order valence-electron chi connectivity index (χ3n) is 4.07. The Kier molecular flexibility index (Phi) is 9.21. The fourth-order valence-electron chi connectivity index (χ4n) is 2.55. The first-order valence-corrected chi connectivity index (χ1v) is 11.1. The minimum atomic E-state index is -0.535. The average Bonchev–Trinajstić information content (AvgIpc) is 2.77. The number of amides is 2. The van der Waals surface area contributed by atoms with E-state index in [0.29, 0.717) is 0 Å². The molecule has 9 heteroatoms. The van der Waals surface area contributed by atoms with Gasteiger partial charge in [-0.25, -0.2) is 0 Å². The van der Waals surface area contributed by atoms with Gasteiger partial charge >= 0.3 is 199 Å². The van der Waals surface area contributed by atoms with Crippen LogP contribution in [0.15, 0.2) is 72.4 Å². The van der Waals surface area contributed by atoms with Gasteiger partial charge < -0.3 is 0 Å². The van der Waals surface area contributed by atoms with E-state index in [2.05, 4.69) is 42.0 Å². The van der Waals surface area contributed by atoms with E-state index >= 15 is 0 Å². The van der Waals surface area contributed by atoms with Gasteiger partial charge in [0, 0.05) is 0 Å². The normalized spacial score (nSPS) is 9.81. The Morgan fingerprint density at radius 1 is 0.710 bits per heavy atom. The van der Waals surface area contributed by atoms with E-state index in [-0.39, 0.29) is 5.57 Å². The summed E-state index contributed by atoms with van der Waals surface area (Å²) in [6, 6.07) is 19.2. The minimum absolute atomic E-state index is 0.0366. The maximum absolute atomic E-state index is 12.9. The molecule has 0 aliphatic carbocycles. The summed E-state index contributed by atoms with van der Waals surface area (Å²) in [5.41, 5.74) is 7.26. The van der Waals surface area contributed by atoms with Crippen molar-refractivity contribution in [2.24, 2.45) is 0 Å². The third-order valence-corrected chi connectivity index (χ3v) is 6.20. The Bertz CT molecular complexity index is 904. The summed E-state index contributed by atoms with van der Waals surface area (Å²) in [6.07, 6.45) is 1.48. The zero-order valence-corrected chi connectivity index (χ0v) is 21.3. The Morgan fingerprint density at radius 3 is 1.39 bits per heavy atom. The number of hydrazine groups is 2. The van der Waals surface area contributed by atoms with Crippen molar-refractivity contribution in [2.45, 2.75) is 0 Å². The summed E-state index contributed by atoms with van der Waals surface area (Å²) in [5.74, 6) is -1.07. The van der Waals surface area contributed by atoms with Gasteiger partial charge in [0.25, 0.3) is 0 Å². The van der Waals surface area contributed by atoms with Crippen LogP contribution >= 0.6 is 0 Å². The van der Waals surface area contributed by atoms with Gasteiger partial charge in [0.1, 0.15) is 0 Å². The number of rotatable bonds is 9. The van der Waals surface area contributed by atoms with E-state index in [0.717, 1.165) is 20.2 Å². The molecule has 0 unspecified atom stereocenters. The molecule has 2 N–H and O–H groups in total. The summed E-state index contributed by atoms with van der Waals surface area (Å²) in [6.45, 7) is 0. The van der Waals surface area contributed by atoms with Crippen LogP contribution in [0.2, 0.25) is 0 Å². The Hall–Kier alpha value is -2.70. The van der Waals surface area contributed by atoms with Crippen molar-refractivity contribution in [1.29, 1.82) is 0 Å². The van der Waals surface area contributed by atoms with Crippen LogP contribution < -0.4 is 10.9 Å². The van der Waals surface area contributed by atoms with Crippen LogP contribution in [0, 0.1) is 0 Å². The molecule has 0 aliphatic heterocycles. The first-order chi connectivity index (χ1) is 14.7. The quantitative estimate of drug-likeness (QED) is 0.152. The average molecular weight is 549 g/mol. The second-order valence-corrected chi connectivity index (χ2v) is 8.47. The fraction of sp³-hybridized carbons (Fsp3) is 0.182. The zero-order valence-electron chi connectivity index (χ0n) is 17.8. The maximum atomic E-state index is 12.9. The molecule has 162 valence electrons. The van der Waals surface area contributed by atoms with Gasteiger partial charge in [0.15, 0.2) is 0 Å². The Morgan fingerprint density at radius 2 is 1.06 bits per heavy atom. The Balaban J connectivity index is 2.11. The number of hydrogen-bond acceptors (Lipinski definition) is 5. The van der Waals surface area contributed by atoms with E-state index in [1.54, 1.807) is 43.1 Å². The number of nitrogens with zero attached hydrogens (tertiary/aromatic N) is 3. The van der Waals surface area contributed by atoms with Crippen molar-refractivity contribution in [1.82, 2.24) is 25.8 Å². The first kappa shape index (κ1) is 24.6. The van der Waals surface area contributed by atoms with Crippen LogP contribution in [0.5, 0.6) is 0 Å². The van der Waals surface area contributed by atoms with Gasteiger partial charge in [-0.15, -0.1) is 0 Å². The first-order valence-electron chi connectivity index (χ1n) is 9.37. The van der Waals surface area contributed by atoms with Gasteiger partial charge in [-0.1, -0.05) is 0 Å².